The van der Waals surface area contributed by atoms with Crippen molar-refractivity contribution in [3.05, 3.63) is 51.5 Å². The number of amides is 1. The van der Waals surface area contributed by atoms with Gasteiger partial charge in [0.15, 0.2) is 0 Å². The Balaban J connectivity index is 2.01. The Bertz CT molecular complexity index is 933. The third kappa shape index (κ3) is 2.82. The van der Waals surface area contributed by atoms with Crippen molar-refractivity contribution in [3.63, 3.8) is 0 Å². The molecule has 0 aliphatic rings. The van der Waals surface area contributed by atoms with E-state index in [0.29, 0.717) is 10.7 Å². The maximum atomic E-state index is 13.9. The Morgan fingerprint density at radius 1 is 1.17 bits per heavy atom. The Hall–Kier alpha value is -2.34. The summed E-state index contributed by atoms with van der Waals surface area (Å²) in [5.41, 5.74) is 2.66. The van der Waals surface area contributed by atoms with Gasteiger partial charge in [0.1, 0.15) is 16.5 Å². The zero-order valence-electron chi connectivity index (χ0n) is 13.3. The Kier molecular flexibility index (Phi) is 3.85. The predicted molar refractivity (Wildman–Crippen MR) is 90.7 cm³/mol. The van der Waals surface area contributed by atoms with Crippen LogP contribution >= 0.6 is 11.3 Å². The molecule has 0 unspecified atom stereocenters. The largest absolute Gasteiger partial charge is 0.319 e. The number of anilines is 1. The van der Waals surface area contributed by atoms with Crippen LogP contribution in [-0.2, 0) is 0 Å². The number of rotatable bonds is 2. The minimum atomic E-state index is -0.441. The fraction of sp³-hybridized carbons (Fsp3) is 0.235. The Morgan fingerprint density at radius 2 is 1.91 bits per heavy atom. The van der Waals surface area contributed by atoms with Gasteiger partial charge in [-0.05, 0) is 51.0 Å². The molecule has 0 saturated heterocycles. The monoisotopic (exact) mass is 329 g/mol. The molecule has 0 aliphatic heterocycles. The predicted octanol–water partition coefficient (Wildman–Crippen LogP) is 4.32. The lowest BCUT2D eigenvalue weighted by Gasteiger charge is -2.06. The van der Waals surface area contributed by atoms with E-state index >= 15 is 0 Å². The van der Waals surface area contributed by atoms with Gasteiger partial charge in [-0.3, -0.25) is 4.79 Å². The molecule has 4 nitrogen and oxygen atoms in total. The highest BCUT2D eigenvalue weighted by Gasteiger charge is 2.19. The number of nitrogens with zero attached hydrogens (tertiary/aromatic N) is 2. The zero-order chi connectivity index (χ0) is 16.7. The average molecular weight is 329 g/mol. The minimum Gasteiger partial charge on any atom is -0.319 e. The first-order valence-corrected chi connectivity index (χ1v) is 8.00. The van der Waals surface area contributed by atoms with Crippen LogP contribution in [0.25, 0.3) is 10.2 Å². The summed E-state index contributed by atoms with van der Waals surface area (Å²) in [5, 5.41) is 3.54. The van der Waals surface area contributed by atoms with Gasteiger partial charge in [-0.2, -0.15) is 0 Å². The molecule has 0 saturated carbocycles. The van der Waals surface area contributed by atoms with Crippen LogP contribution in [0.3, 0.4) is 0 Å². The second-order valence-electron chi connectivity index (χ2n) is 5.53. The van der Waals surface area contributed by atoms with Gasteiger partial charge >= 0.3 is 0 Å². The van der Waals surface area contributed by atoms with E-state index in [1.54, 1.807) is 19.1 Å². The van der Waals surface area contributed by atoms with Gasteiger partial charge in [0.25, 0.3) is 5.91 Å². The normalized spacial score (nSPS) is 11.0. The molecule has 0 aliphatic carbocycles. The molecule has 23 heavy (non-hydrogen) atoms. The lowest BCUT2D eigenvalue weighted by molar-refractivity contribution is 0.102. The number of carbonyl (C=O) groups excluding carboxylic acids is 1. The molecule has 2 aromatic heterocycles. The van der Waals surface area contributed by atoms with Crippen LogP contribution in [-0.4, -0.2) is 15.9 Å². The third-order valence-corrected chi connectivity index (χ3v) is 4.85. The van der Waals surface area contributed by atoms with Crippen molar-refractivity contribution in [2.24, 2.45) is 0 Å². The summed E-state index contributed by atoms with van der Waals surface area (Å²) in [5.74, 6) is -0.0953. The van der Waals surface area contributed by atoms with E-state index in [1.807, 2.05) is 20.8 Å². The van der Waals surface area contributed by atoms with Crippen LogP contribution in [0.5, 0.6) is 0 Å². The molecule has 3 aromatic rings. The number of hydrogen-bond donors (Lipinski definition) is 1. The summed E-state index contributed by atoms with van der Waals surface area (Å²) in [4.78, 5) is 22.6. The molecule has 1 amide bonds. The van der Waals surface area contributed by atoms with E-state index in [4.69, 9.17) is 0 Å². The molecular formula is C17H16FN3OS. The van der Waals surface area contributed by atoms with E-state index in [9.17, 15) is 9.18 Å². The van der Waals surface area contributed by atoms with Crippen molar-refractivity contribution in [3.8, 4) is 0 Å². The number of aryl methyl sites for hydroxylation is 4. The maximum absolute atomic E-state index is 13.9. The summed E-state index contributed by atoms with van der Waals surface area (Å²) in [7, 11) is 0. The van der Waals surface area contributed by atoms with Crippen molar-refractivity contribution in [1.29, 1.82) is 0 Å². The molecule has 0 bridgehead atoms. The average Bonchev–Trinajstić information content (AvgIpc) is 2.79. The van der Waals surface area contributed by atoms with Gasteiger partial charge in [-0.15, -0.1) is 11.3 Å². The van der Waals surface area contributed by atoms with Crippen LogP contribution in [0.15, 0.2) is 18.2 Å². The van der Waals surface area contributed by atoms with E-state index in [0.717, 1.165) is 27.0 Å². The van der Waals surface area contributed by atoms with Crippen LogP contribution < -0.4 is 5.32 Å². The molecule has 118 valence electrons. The van der Waals surface area contributed by atoms with Crippen LogP contribution in [0, 0.1) is 33.5 Å². The van der Waals surface area contributed by atoms with E-state index in [1.165, 1.54) is 17.4 Å². The smallest absolute Gasteiger partial charge is 0.266 e. The van der Waals surface area contributed by atoms with E-state index < -0.39 is 5.82 Å². The number of hydrogen-bond acceptors (Lipinski definition) is 4. The minimum absolute atomic E-state index is 0.177. The second-order valence-corrected chi connectivity index (χ2v) is 6.53. The number of thiophene rings is 1. The third-order valence-electron chi connectivity index (χ3n) is 3.66. The lowest BCUT2D eigenvalue weighted by Crippen LogP contribution is -2.12. The van der Waals surface area contributed by atoms with Crippen LogP contribution in [0.4, 0.5) is 10.1 Å². The van der Waals surface area contributed by atoms with Gasteiger partial charge in [-0.1, -0.05) is 6.07 Å². The number of nitrogens with one attached hydrogen (secondary N) is 1. The number of benzene rings is 1. The lowest BCUT2D eigenvalue weighted by atomic mass is 10.1. The molecule has 0 atom stereocenters. The van der Waals surface area contributed by atoms with Gasteiger partial charge in [0, 0.05) is 11.1 Å². The fourth-order valence-corrected chi connectivity index (χ4v) is 3.76. The molecule has 0 spiro atoms. The summed E-state index contributed by atoms with van der Waals surface area (Å²) < 4.78 is 13.9. The Morgan fingerprint density at radius 3 is 2.61 bits per heavy atom. The highest BCUT2D eigenvalue weighted by atomic mass is 32.1. The number of halogens is 1. The van der Waals surface area contributed by atoms with Gasteiger partial charge in [-0.25, -0.2) is 14.4 Å². The van der Waals surface area contributed by atoms with Gasteiger partial charge < -0.3 is 5.32 Å². The first-order chi connectivity index (χ1) is 10.9. The quantitative estimate of drug-likeness (QED) is 0.762. The van der Waals surface area contributed by atoms with Crippen molar-refractivity contribution < 1.29 is 9.18 Å². The zero-order valence-corrected chi connectivity index (χ0v) is 14.1. The van der Waals surface area contributed by atoms with Crippen LogP contribution in [0.2, 0.25) is 0 Å². The Labute approximate surface area is 137 Å². The highest BCUT2D eigenvalue weighted by molar-refractivity contribution is 7.20. The molecule has 1 N–H and O–H groups in total. The van der Waals surface area contributed by atoms with E-state index in [-0.39, 0.29) is 11.6 Å². The standard InChI is InChI=1S/C17H16FN3OS/c1-8-5-6-13(12(18)7-8)21-16(22)15-9(2)14-10(3)19-11(4)20-17(14)23-15/h5-7H,1-4H3,(H,21,22). The van der Waals surface area contributed by atoms with Gasteiger partial charge in [0.2, 0.25) is 0 Å². The second kappa shape index (κ2) is 5.70. The molecule has 6 heteroatoms. The van der Waals surface area contributed by atoms with Crippen molar-refractivity contribution in [2.45, 2.75) is 27.7 Å². The first-order valence-electron chi connectivity index (χ1n) is 7.18. The fourth-order valence-electron chi connectivity index (χ4n) is 2.59. The topological polar surface area (TPSA) is 54.9 Å². The number of fused-ring (bicyclic) bond motifs is 1. The SMILES string of the molecule is Cc1ccc(NC(=O)c2sc3nc(C)nc(C)c3c2C)c(F)c1. The molecule has 1 aromatic carbocycles. The first kappa shape index (κ1) is 15.6. The van der Waals surface area contributed by atoms with Crippen molar-refractivity contribution in [1.82, 2.24) is 9.97 Å². The molecular weight excluding hydrogens is 313 g/mol. The van der Waals surface area contributed by atoms with Crippen molar-refractivity contribution in [2.75, 3.05) is 5.32 Å². The van der Waals surface area contributed by atoms with Gasteiger partial charge in [0.05, 0.1) is 10.6 Å². The highest BCUT2D eigenvalue weighted by Crippen LogP contribution is 2.32. The molecule has 0 radical (unpaired) electrons. The summed E-state index contributed by atoms with van der Waals surface area (Å²) in [6.07, 6.45) is 0. The van der Waals surface area contributed by atoms with Crippen molar-refractivity contribution >= 4 is 33.1 Å². The van der Waals surface area contributed by atoms with Crippen LogP contribution in [0.1, 0.15) is 32.3 Å². The van der Waals surface area contributed by atoms with E-state index in [2.05, 4.69) is 15.3 Å². The number of carbonyl (C=O) groups is 1. The molecule has 0 fully saturated rings. The summed E-state index contributed by atoms with van der Waals surface area (Å²) >= 11 is 1.30. The molecule has 3 rings (SSSR count). The summed E-state index contributed by atoms with van der Waals surface area (Å²) in [6, 6.07) is 4.72. The maximum Gasteiger partial charge on any atom is 0.266 e. The number of aromatic nitrogens is 2. The molecule has 2 heterocycles. The summed E-state index contributed by atoms with van der Waals surface area (Å²) in [6.45, 7) is 7.39.